The van der Waals surface area contributed by atoms with Gasteiger partial charge in [-0.2, -0.15) is 5.26 Å². The third-order valence-corrected chi connectivity index (χ3v) is 5.02. The van der Waals surface area contributed by atoms with Crippen LogP contribution in [0.2, 0.25) is 0 Å². The van der Waals surface area contributed by atoms with Gasteiger partial charge in [0.15, 0.2) is 5.82 Å². The first kappa shape index (κ1) is 19.8. The second-order valence-corrected chi connectivity index (χ2v) is 7.01. The summed E-state index contributed by atoms with van der Waals surface area (Å²) in [5.74, 6) is -0.472. The lowest BCUT2D eigenvalue weighted by Gasteiger charge is -2.33. The van der Waals surface area contributed by atoms with E-state index in [1.54, 1.807) is 36.4 Å². The summed E-state index contributed by atoms with van der Waals surface area (Å²) in [5, 5.41) is 20.6. The molecule has 0 saturated carbocycles. The molecule has 7 nitrogen and oxygen atoms in total. The van der Waals surface area contributed by atoms with Gasteiger partial charge >= 0.3 is 0 Å². The number of allylic oxidation sites excluding steroid dienone is 1. The molecular weight excluding hydrogens is 387 g/mol. The average Bonchev–Trinajstić information content (AvgIpc) is 2.75. The van der Waals surface area contributed by atoms with Crippen LogP contribution >= 0.6 is 0 Å². The minimum absolute atomic E-state index is 0.0297. The van der Waals surface area contributed by atoms with Crippen LogP contribution in [0.15, 0.2) is 59.1 Å². The third kappa shape index (κ3) is 4.08. The van der Waals surface area contributed by atoms with Gasteiger partial charge in [-0.1, -0.05) is 24.3 Å². The Balaban J connectivity index is 1.57. The molecule has 2 aromatic carbocycles. The molecule has 30 heavy (non-hydrogen) atoms. The van der Waals surface area contributed by atoms with E-state index in [2.05, 4.69) is 9.97 Å². The van der Waals surface area contributed by atoms with Crippen molar-refractivity contribution in [3.8, 4) is 6.07 Å². The van der Waals surface area contributed by atoms with Gasteiger partial charge in [0.05, 0.1) is 30.2 Å². The molecule has 1 aliphatic heterocycles. The van der Waals surface area contributed by atoms with E-state index in [1.807, 2.05) is 11.0 Å². The maximum absolute atomic E-state index is 13.2. The number of rotatable bonds is 4. The molecule has 0 radical (unpaired) electrons. The third-order valence-electron chi connectivity index (χ3n) is 5.02. The highest BCUT2D eigenvalue weighted by atomic mass is 19.1. The maximum Gasteiger partial charge on any atom is 0.259 e. The fraction of sp³-hybridized carbons (Fsp3) is 0.227. The van der Waals surface area contributed by atoms with Crippen molar-refractivity contribution in [3.05, 3.63) is 81.8 Å². The average molecular weight is 406 g/mol. The van der Waals surface area contributed by atoms with Gasteiger partial charge in [-0.15, -0.1) is 0 Å². The number of ether oxygens (including phenoxy) is 1. The zero-order chi connectivity index (χ0) is 21.1. The number of aliphatic hydroxyl groups excluding tert-OH is 1. The highest BCUT2D eigenvalue weighted by Gasteiger charge is 2.24. The number of morpholine rings is 1. The molecular formula is C22H19FN4O3. The van der Waals surface area contributed by atoms with Gasteiger partial charge in [0.25, 0.3) is 5.56 Å². The van der Waals surface area contributed by atoms with E-state index >= 15 is 0 Å². The van der Waals surface area contributed by atoms with Crippen LogP contribution in [0.1, 0.15) is 17.5 Å². The molecule has 1 saturated heterocycles. The Kier molecular flexibility index (Phi) is 5.57. The number of hydrogen-bond donors (Lipinski definition) is 2. The number of nitrogens with one attached hydrogen (secondary N) is 1. The Labute approximate surface area is 171 Å². The summed E-state index contributed by atoms with van der Waals surface area (Å²) in [5.41, 5.74) is 0.826. The Bertz CT molecular complexity index is 1200. The molecule has 1 aromatic heterocycles. The smallest absolute Gasteiger partial charge is 0.259 e. The standard InChI is InChI=1S/C22H19FN4O3/c23-15-7-5-14(6-8-15)20-13-27(9-10-30-20)12-19(28)17(11-24)21-25-18-4-2-1-3-16(18)22(29)26-21/h1-8,20,28H,9-10,12-13H2,(H,25,26,29)/b19-17-. The first-order chi connectivity index (χ1) is 14.5. The van der Waals surface area contributed by atoms with E-state index in [4.69, 9.17) is 4.74 Å². The molecule has 0 amide bonds. The number of nitriles is 1. The van der Waals surface area contributed by atoms with E-state index in [-0.39, 0.29) is 41.2 Å². The van der Waals surface area contributed by atoms with Crippen molar-refractivity contribution in [2.45, 2.75) is 6.10 Å². The van der Waals surface area contributed by atoms with Gasteiger partial charge in [0.2, 0.25) is 0 Å². The van der Waals surface area contributed by atoms with E-state index in [1.165, 1.54) is 12.1 Å². The second-order valence-electron chi connectivity index (χ2n) is 7.01. The lowest BCUT2D eigenvalue weighted by molar-refractivity contribution is -0.0293. The Morgan fingerprint density at radius 1 is 1.30 bits per heavy atom. The van der Waals surface area contributed by atoms with Gasteiger partial charge in [-0.05, 0) is 29.8 Å². The zero-order valence-corrected chi connectivity index (χ0v) is 16.0. The lowest BCUT2D eigenvalue weighted by atomic mass is 10.1. The van der Waals surface area contributed by atoms with Gasteiger partial charge in [0.1, 0.15) is 23.2 Å². The van der Waals surface area contributed by atoms with Crippen molar-refractivity contribution in [1.29, 1.82) is 5.26 Å². The van der Waals surface area contributed by atoms with Gasteiger partial charge < -0.3 is 14.8 Å². The van der Waals surface area contributed by atoms with E-state index in [9.17, 15) is 19.6 Å². The highest BCUT2D eigenvalue weighted by Crippen LogP contribution is 2.24. The number of aliphatic hydroxyl groups is 1. The Morgan fingerprint density at radius 3 is 2.83 bits per heavy atom. The molecule has 2 N–H and O–H groups in total. The van der Waals surface area contributed by atoms with Crippen LogP contribution in [0, 0.1) is 17.1 Å². The maximum atomic E-state index is 13.2. The number of fused-ring (bicyclic) bond motifs is 1. The van der Waals surface area contributed by atoms with Crippen LogP contribution in [0.4, 0.5) is 4.39 Å². The van der Waals surface area contributed by atoms with Crippen LogP contribution in [0.3, 0.4) is 0 Å². The minimum Gasteiger partial charge on any atom is -0.509 e. The summed E-state index contributed by atoms with van der Waals surface area (Å²) in [7, 11) is 0. The molecule has 0 aliphatic carbocycles. The predicted octanol–water partition coefficient (Wildman–Crippen LogP) is 2.93. The molecule has 3 aromatic rings. The Hall–Kier alpha value is -3.54. The zero-order valence-electron chi connectivity index (χ0n) is 16.0. The number of halogens is 1. The molecule has 2 heterocycles. The molecule has 0 bridgehead atoms. The summed E-state index contributed by atoms with van der Waals surface area (Å²) in [6.07, 6.45) is -0.267. The number of para-hydroxylation sites is 1. The van der Waals surface area contributed by atoms with E-state index < -0.39 is 0 Å². The van der Waals surface area contributed by atoms with Crippen molar-refractivity contribution in [1.82, 2.24) is 14.9 Å². The van der Waals surface area contributed by atoms with Crippen molar-refractivity contribution < 1.29 is 14.2 Å². The van der Waals surface area contributed by atoms with E-state index in [0.717, 1.165) is 5.56 Å². The topological polar surface area (TPSA) is 102 Å². The summed E-state index contributed by atoms with van der Waals surface area (Å²) in [4.78, 5) is 21.1. The van der Waals surface area contributed by atoms with Gasteiger partial charge in [-0.3, -0.25) is 9.69 Å². The monoisotopic (exact) mass is 406 g/mol. The number of aromatic amines is 1. The molecule has 1 aliphatic rings. The number of H-pyrrole nitrogens is 1. The summed E-state index contributed by atoms with van der Waals surface area (Å²) >= 11 is 0. The number of hydrogen-bond acceptors (Lipinski definition) is 6. The molecule has 8 heteroatoms. The first-order valence-electron chi connectivity index (χ1n) is 9.46. The van der Waals surface area contributed by atoms with Crippen LogP contribution in [-0.2, 0) is 4.74 Å². The van der Waals surface area contributed by atoms with Gasteiger partial charge in [-0.25, -0.2) is 9.37 Å². The van der Waals surface area contributed by atoms with Crippen LogP contribution in [-0.4, -0.2) is 46.2 Å². The number of benzene rings is 2. The number of aromatic nitrogens is 2. The normalized spacial score (nSPS) is 18.1. The molecule has 1 fully saturated rings. The van der Waals surface area contributed by atoms with E-state index in [0.29, 0.717) is 30.6 Å². The SMILES string of the molecule is N#C/C(=C(/O)CN1CCOC(c2ccc(F)cc2)C1)c1nc2ccccc2c(=O)[nH]1. The quantitative estimate of drug-likeness (QED) is 0.510. The molecule has 4 rings (SSSR count). The molecule has 1 atom stereocenters. The lowest BCUT2D eigenvalue weighted by Crippen LogP contribution is -2.39. The summed E-state index contributed by atoms with van der Waals surface area (Å²) in [6.45, 7) is 1.56. The van der Waals surface area contributed by atoms with Crippen molar-refractivity contribution in [3.63, 3.8) is 0 Å². The predicted molar refractivity (Wildman–Crippen MR) is 109 cm³/mol. The first-order valence-corrected chi connectivity index (χ1v) is 9.46. The Morgan fingerprint density at radius 2 is 2.07 bits per heavy atom. The summed E-state index contributed by atoms with van der Waals surface area (Å²) < 4.78 is 18.9. The second kappa shape index (κ2) is 8.45. The van der Waals surface area contributed by atoms with Crippen molar-refractivity contribution in [2.75, 3.05) is 26.2 Å². The van der Waals surface area contributed by atoms with Crippen molar-refractivity contribution >= 4 is 16.5 Å². The number of nitrogens with zero attached hydrogens (tertiary/aromatic N) is 3. The molecule has 0 spiro atoms. The fourth-order valence-corrected chi connectivity index (χ4v) is 3.48. The molecule has 1 unspecified atom stereocenters. The van der Waals surface area contributed by atoms with Crippen LogP contribution in [0.5, 0.6) is 0 Å². The van der Waals surface area contributed by atoms with Crippen LogP contribution < -0.4 is 5.56 Å². The minimum atomic E-state index is -0.376. The fourth-order valence-electron chi connectivity index (χ4n) is 3.48. The van der Waals surface area contributed by atoms with Gasteiger partial charge in [0, 0.05) is 13.1 Å². The van der Waals surface area contributed by atoms with Crippen LogP contribution in [0.25, 0.3) is 16.5 Å². The summed E-state index contributed by atoms with van der Waals surface area (Å²) in [6, 6.07) is 14.8. The molecule has 152 valence electrons. The highest BCUT2D eigenvalue weighted by molar-refractivity contribution is 5.81. The van der Waals surface area contributed by atoms with Crippen molar-refractivity contribution in [2.24, 2.45) is 0 Å². The largest absolute Gasteiger partial charge is 0.509 e.